The second-order valence-corrected chi connectivity index (χ2v) is 7.32. The molecule has 2 aromatic rings. The van der Waals surface area contributed by atoms with Crippen molar-refractivity contribution in [2.24, 2.45) is 0 Å². The van der Waals surface area contributed by atoms with E-state index in [-0.39, 0.29) is 6.10 Å². The van der Waals surface area contributed by atoms with Gasteiger partial charge >= 0.3 is 0 Å². The second-order valence-electron chi connectivity index (χ2n) is 5.08. The van der Waals surface area contributed by atoms with Gasteiger partial charge in [-0.25, -0.2) is 0 Å². The quantitative estimate of drug-likeness (QED) is 0.669. The molecule has 1 atom stereocenters. The van der Waals surface area contributed by atoms with Gasteiger partial charge in [0.05, 0.1) is 25.9 Å². The number of benzene rings is 1. The van der Waals surface area contributed by atoms with Crippen molar-refractivity contribution in [1.82, 2.24) is 10.2 Å². The molecule has 0 aliphatic heterocycles. The zero-order valence-electron chi connectivity index (χ0n) is 13.4. The van der Waals surface area contributed by atoms with Crippen molar-refractivity contribution in [3.05, 3.63) is 24.3 Å². The number of anilines is 2. The molecule has 0 amide bonds. The summed E-state index contributed by atoms with van der Waals surface area (Å²) in [5.41, 5.74) is 0.891. The van der Waals surface area contributed by atoms with Crippen molar-refractivity contribution in [2.75, 3.05) is 24.8 Å². The molecule has 23 heavy (non-hydrogen) atoms. The van der Waals surface area contributed by atoms with Gasteiger partial charge < -0.3 is 19.9 Å². The number of aliphatic hydroxyl groups excluding tert-OH is 1. The Morgan fingerprint density at radius 1 is 1.35 bits per heavy atom. The van der Waals surface area contributed by atoms with Crippen LogP contribution in [0.3, 0.4) is 0 Å². The maximum absolute atomic E-state index is 9.84. The van der Waals surface area contributed by atoms with Crippen LogP contribution in [0.2, 0.25) is 0 Å². The molecule has 126 valence electrons. The molecule has 2 rings (SSSR count). The van der Waals surface area contributed by atoms with E-state index in [9.17, 15) is 5.11 Å². The standard InChI is InChI=1S/C15H21N3O3S2/c1-10(2)21-8-12(19)9-22-15-18-17-14(23-15)16-11-5-4-6-13(7-11)20-3/h4-7,10,12,19H,8-9H2,1-3H3,(H,16,17). The van der Waals surface area contributed by atoms with Crippen LogP contribution >= 0.6 is 23.1 Å². The molecule has 2 N–H and O–H groups in total. The Bertz CT molecular complexity index is 607. The van der Waals surface area contributed by atoms with Gasteiger partial charge in [-0.05, 0) is 26.0 Å². The first-order valence-electron chi connectivity index (χ1n) is 7.24. The largest absolute Gasteiger partial charge is 0.497 e. The third-order valence-corrected chi connectivity index (χ3v) is 4.87. The summed E-state index contributed by atoms with van der Waals surface area (Å²) in [5, 5.41) is 21.9. The molecule has 0 aliphatic rings. The predicted octanol–water partition coefficient (Wildman–Crippen LogP) is 3.17. The van der Waals surface area contributed by atoms with Crippen LogP contribution in [-0.4, -0.2) is 47.0 Å². The molecule has 0 fully saturated rings. The van der Waals surface area contributed by atoms with E-state index in [0.717, 1.165) is 15.8 Å². The molecule has 1 aromatic carbocycles. The molecule has 1 heterocycles. The highest BCUT2D eigenvalue weighted by Crippen LogP contribution is 2.29. The van der Waals surface area contributed by atoms with Gasteiger partial charge in [0.15, 0.2) is 4.34 Å². The summed E-state index contributed by atoms with van der Waals surface area (Å²) in [6, 6.07) is 7.61. The lowest BCUT2D eigenvalue weighted by Crippen LogP contribution is -2.20. The van der Waals surface area contributed by atoms with Crippen molar-refractivity contribution in [2.45, 2.75) is 30.4 Å². The summed E-state index contributed by atoms with van der Waals surface area (Å²) in [6.45, 7) is 4.22. The third-order valence-electron chi connectivity index (χ3n) is 2.75. The first kappa shape index (κ1) is 18.0. The van der Waals surface area contributed by atoms with Gasteiger partial charge in [-0.3, -0.25) is 0 Å². The molecule has 0 aliphatic carbocycles. The number of hydrogen-bond donors (Lipinski definition) is 2. The fraction of sp³-hybridized carbons (Fsp3) is 0.467. The lowest BCUT2D eigenvalue weighted by Gasteiger charge is -2.12. The van der Waals surface area contributed by atoms with Crippen molar-refractivity contribution < 1.29 is 14.6 Å². The Morgan fingerprint density at radius 2 is 2.17 bits per heavy atom. The Balaban J connectivity index is 1.83. The van der Waals surface area contributed by atoms with Gasteiger partial charge in [0.25, 0.3) is 0 Å². The Morgan fingerprint density at radius 3 is 2.91 bits per heavy atom. The smallest absolute Gasteiger partial charge is 0.210 e. The fourth-order valence-corrected chi connectivity index (χ4v) is 3.37. The van der Waals surface area contributed by atoms with Crippen molar-refractivity contribution >= 4 is 33.9 Å². The molecule has 0 radical (unpaired) electrons. The maximum Gasteiger partial charge on any atom is 0.210 e. The average Bonchev–Trinajstić information content (AvgIpc) is 2.98. The van der Waals surface area contributed by atoms with Gasteiger partial charge in [-0.1, -0.05) is 29.2 Å². The first-order valence-corrected chi connectivity index (χ1v) is 9.04. The summed E-state index contributed by atoms with van der Waals surface area (Å²) in [5.74, 6) is 1.31. The highest BCUT2D eigenvalue weighted by molar-refractivity contribution is 8.01. The highest BCUT2D eigenvalue weighted by Gasteiger charge is 2.10. The van der Waals surface area contributed by atoms with Gasteiger partial charge in [-0.2, -0.15) is 0 Å². The SMILES string of the molecule is COc1cccc(Nc2nnc(SCC(O)COC(C)C)s2)c1. The Kier molecular flexibility index (Phi) is 7.10. The summed E-state index contributed by atoms with van der Waals surface area (Å²) < 4.78 is 11.4. The number of nitrogens with one attached hydrogen (secondary N) is 1. The van der Waals surface area contributed by atoms with E-state index >= 15 is 0 Å². The molecule has 0 saturated heterocycles. The molecule has 1 aromatic heterocycles. The molecule has 8 heteroatoms. The topological polar surface area (TPSA) is 76.5 Å². The molecular formula is C15H21N3O3S2. The van der Waals surface area contributed by atoms with Crippen LogP contribution in [0.15, 0.2) is 28.6 Å². The molecule has 1 unspecified atom stereocenters. The van der Waals surface area contributed by atoms with Crippen LogP contribution in [0, 0.1) is 0 Å². The highest BCUT2D eigenvalue weighted by atomic mass is 32.2. The van der Waals surface area contributed by atoms with Crippen LogP contribution in [0.5, 0.6) is 5.75 Å². The van der Waals surface area contributed by atoms with E-state index < -0.39 is 6.10 Å². The molecule has 0 spiro atoms. The summed E-state index contributed by atoms with van der Waals surface area (Å²) >= 11 is 2.91. The Hall–Kier alpha value is -1.35. The normalized spacial score (nSPS) is 12.4. The number of aliphatic hydroxyl groups is 1. The number of rotatable bonds is 9. The van der Waals surface area contributed by atoms with Crippen molar-refractivity contribution in [1.29, 1.82) is 0 Å². The van der Waals surface area contributed by atoms with Crippen LogP contribution in [0.25, 0.3) is 0 Å². The number of methoxy groups -OCH3 is 1. The minimum Gasteiger partial charge on any atom is -0.497 e. The minimum absolute atomic E-state index is 0.120. The van der Waals surface area contributed by atoms with E-state index in [1.54, 1.807) is 7.11 Å². The average molecular weight is 355 g/mol. The van der Waals surface area contributed by atoms with Gasteiger partial charge in [0.2, 0.25) is 5.13 Å². The fourth-order valence-electron chi connectivity index (χ4n) is 1.66. The van der Waals surface area contributed by atoms with Crippen LogP contribution in [0.4, 0.5) is 10.8 Å². The van der Waals surface area contributed by atoms with E-state index in [2.05, 4.69) is 15.5 Å². The number of aromatic nitrogens is 2. The van der Waals surface area contributed by atoms with E-state index in [4.69, 9.17) is 9.47 Å². The molecule has 6 nitrogen and oxygen atoms in total. The van der Waals surface area contributed by atoms with E-state index in [1.165, 1.54) is 23.1 Å². The first-order chi connectivity index (χ1) is 11.1. The zero-order valence-corrected chi connectivity index (χ0v) is 15.0. The summed E-state index contributed by atoms with van der Waals surface area (Å²) in [6.07, 6.45) is -0.393. The van der Waals surface area contributed by atoms with Crippen molar-refractivity contribution in [3.8, 4) is 5.75 Å². The number of ether oxygens (including phenoxy) is 2. The number of nitrogens with zero attached hydrogens (tertiary/aromatic N) is 2. The van der Waals surface area contributed by atoms with Gasteiger partial charge in [-0.15, -0.1) is 10.2 Å². The minimum atomic E-state index is -0.513. The predicted molar refractivity (Wildman–Crippen MR) is 94.0 cm³/mol. The van der Waals surface area contributed by atoms with Crippen molar-refractivity contribution in [3.63, 3.8) is 0 Å². The second kappa shape index (κ2) is 9.07. The van der Waals surface area contributed by atoms with Crippen LogP contribution < -0.4 is 10.1 Å². The van der Waals surface area contributed by atoms with E-state index in [0.29, 0.717) is 17.5 Å². The maximum atomic E-state index is 9.84. The zero-order chi connectivity index (χ0) is 16.7. The van der Waals surface area contributed by atoms with Gasteiger partial charge in [0.1, 0.15) is 5.75 Å². The van der Waals surface area contributed by atoms with E-state index in [1.807, 2.05) is 38.1 Å². The Labute approximate surface area is 144 Å². The monoisotopic (exact) mass is 355 g/mol. The molecule has 0 bridgehead atoms. The lowest BCUT2D eigenvalue weighted by molar-refractivity contribution is 0.0152. The third kappa shape index (κ3) is 6.34. The van der Waals surface area contributed by atoms with Crippen LogP contribution in [-0.2, 0) is 4.74 Å². The van der Waals surface area contributed by atoms with Crippen LogP contribution in [0.1, 0.15) is 13.8 Å². The number of hydrogen-bond acceptors (Lipinski definition) is 8. The molecular weight excluding hydrogens is 334 g/mol. The number of thioether (sulfide) groups is 1. The molecule has 0 saturated carbocycles. The summed E-state index contributed by atoms with van der Waals surface area (Å²) in [4.78, 5) is 0. The lowest BCUT2D eigenvalue weighted by atomic mass is 10.3. The summed E-state index contributed by atoms with van der Waals surface area (Å²) in [7, 11) is 1.63. The van der Waals surface area contributed by atoms with Gasteiger partial charge in [0, 0.05) is 17.5 Å².